The highest BCUT2D eigenvalue weighted by molar-refractivity contribution is 5.88. The molecule has 3 heteroatoms. The maximum absolute atomic E-state index is 10.2. The lowest BCUT2D eigenvalue weighted by atomic mass is 10.3. The second-order valence-corrected chi connectivity index (χ2v) is 1.46. The van der Waals surface area contributed by atoms with Crippen LogP contribution in [0.3, 0.4) is 0 Å². The molecule has 0 aromatic carbocycles. The minimum absolute atomic E-state index is 0.677. The third-order valence-corrected chi connectivity index (χ3v) is 0.672. The number of unbranched alkanes of at least 4 members (excludes halogenated alkanes) is 1. The molecule has 0 amide bonds. The van der Waals surface area contributed by atoms with Crippen molar-refractivity contribution in [1.29, 1.82) is 0 Å². The number of hydrogen-bond acceptors (Lipinski definition) is 3. The Bertz CT molecular complexity index is 143. The van der Waals surface area contributed by atoms with E-state index in [-0.39, 0.29) is 0 Å². The molecule has 3 nitrogen and oxygen atoms in total. The fraction of sp³-hybridized carbons (Fsp3) is 0.500. The maximum atomic E-state index is 10.2. The monoisotopic (exact) mass is 127 g/mol. The summed E-state index contributed by atoms with van der Waals surface area (Å²) in [6.07, 6.45) is 1.64. The summed E-state index contributed by atoms with van der Waals surface area (Å²) in [4.78, 5) is 14.0. The Morgan fingerprint density at radius 1 is 1.78 bits per heavy atom. The first-order chi connectivity index (χ1) is 4.31. The van der Waals surface area contributed by atoms with Crippen LogP contribution in [0.15, 0.2) is 0 Å². The predicted molar refractivity (Wildman–Crippen MR) is 33.0 cm³/mol. The highest BCUT2D eigenvalue weighted by Gasteiger charge is 1.87. The van der Waals surface area contributed by atoms with Gasteiger partial charge in [0.25, 0.3) is 0 Å². The van der Waals surface area contributed by atoms with Crippen molar-refractivity contribution in [1.82, 2.24) is 0 Å². The lowest BCUT2D eigenvalue weighted by molar-refractivity contribution is -0.137. The van der Waals surface area contributed by atoms with Crippen LogP contribution in [0, 0.1) is 11.8 Å². The third-order valence-electron chi connectivity index (χ3n) is 0.672. The molecule has 0 saturated carbocycles. The number of nitrogens with two attached hydrogens (primary N) is 1. The molecule has 0 radical (unpaired) electrons. The van der Waals surface area contributed by atoms with Crippen molar-refractivity contribution in [3.63, 3.8) is 0 Å². The molecule has 0 aliphatic carbocycles. The number of hydrogen-bond donors (Lipinski definition) is 1. The molecule has 0 aliphatic heterocycles. The summed E-state index contributed by atoms with van der Waals surface area (Å²) in [5, 5.41) is 0. The Labute approximate surface area is 54.1 Å². The summed E-state index contributed by atoms with van der Waals surface area (Å²) < 4.78 is 0. The van der Waals surface area contributed by atoms with Gasteiger partial charge in [-0.05, 0) is 6.42 Å². The van der Waals surface area contributed by atoms with Gasteiger partial charge in [0, 0.05) is 12.3 Å². The minimum Gasteiger partial charge on any atom is -0.364 e. The molecule has 0 atom stereocenters. The van der Waals surface area contributed by atoms with Crippen molar-refractivity contribution in [3.8, 4) is 11.8 Å². The van der Waals surface area contributed by atoms with Gasteiger partial charge in [-0.3, -0.25) is 0 Å². The van der Waals surface area contributed by atoms with Gasteiger partial charge in [-0.1, -0.05) is 12.8 Å². The molecule has 9 heavy (non-hydrogen) atoms. The lowest BCUT2D eigenvalue weighted by Gasteiger charge is -1.82. The fourth-order valence-electron chi connectivity index (χ4n) is 0.289. The summed E-state index contributed by atoms with van der Waals surface area (Å²) >= 11 is 0. The summed E-state index contributed by atoms with van der Waals surface area (Å²) in [6, 6.07) is 0. The van der Waals surface area contributed by atoms with Gasteiger partial charge in [0.2, 0.25) is 0 Å². The second kappa shape index (κ2) is 5.13. The number of carbonyl (C=O) groups is 1. The molecule has 0 heterocycles. The van der Waals surface area contributed by atoms with Gasteiger partial charge in [0.15, 0.2) is 0 Å². The largest absolute Gasteiger partial charge is 0.402 e. The summed E-state index contributed by atoms with van der Waals surface area (Å²) in [6.45, 7) is 1.97. The predicted octanol–water partition coefficient (Wildman–Crippen LogP) is 0.207. The van der Waals surface area contributed by atoms with E-state index in [0.717, 1.165) is 6.42 Å². The van der Waals surface area contributed by atoms with Gasteiger partial charge < -0.3 is 4.84 Å². The van der Waals surface area contributed by atoms with Crippen LogP contribution in [-0.2, 0) is 9.63 Å². The van der Waals surface area contributed by atoms with Gasteiger partial charge >= 0.3 is 5.97 Å². The van der Waals surface area contributed by atoms with Crippen LogP contribution in [0.4, 0.5) is 0 Å². The third kappa shape index (κ3) is 4.85. The molecule has 0 unspecified atom stereocenters. The van der Waals surface area contributed by atoms with Gasteiger partial charge in [0.05, 0.1) is 0 Å². The summed E-state index contributed by atoms with van der Waals surface area (Å²) in [5.74, 6) is 8.60. The molecular weight excluding hydrogens is 118 g/mol. The van der Waals surface area contributed by atoms with Crippen LogP contribution in [-0.4, -0.2) is 5.97 Å². The Kier molecular flexibility index (Phi) is 4.56. The van der Waals surface area contributed by atoms with Crippen molar-refractivity contribution in [2.75, 3.05) is 0 Å². The first-order valence-electron chi connectivity index (χ1n) is 2.70. The van der Waals surface area contributed by atoms with Gasteiger partial charge in [-0.25, -0.2) is 4.79 Å². The van der Waals surface area contributed by atoms with E-state index in [1.807, 2.05) is 6.92 Å². The van der Waals surface area contributed by atoms with Gasteiger partial charge in [-0.2, -0.15) is 5.90 Å². The van der Waals surface area contributed by atoms with Crippen LogP contribution < -0.4 is 5.90 Å². The minimum atomic E-state index is -0.677. The second-order valence-electron chi connectivity index (χ2n) is 1.46. The molecule has 0 bridgehead atoms. The molecule has 0 spiro atoms. The Morgan fingerprint density at radius 3 is 2.89 bits per heavy atom. The van der Waals surface area contributed by atoms with E-state index in [2.05, 4.69) is 22.6 Å². The topological polar surface area (TPSA) is 52.3 Å². The summed E-state index contributed by atoms with van der Waals surface area (Å²) in [7, 11) is 0. The average Bonchev–Trinajstić information content (AvgIpc) is 1.89. The van der Waals surface area contributed by atoms with E-state index >= 15 is 0 Å². The quantitative estimate of drug-likeness (QED) is 0.404. The van der Waals surface area contributed by atoms with E-state index in [9.17, 15) is 4.79 Å². The molecular formula is C6H9NO2. The standard InChI is InChI=1S/C6H9NO2/c1-2-3-4-5-6(8)9-7/h2-3,7H2,1H3. The number of rotatable bonds is 1. The normalized spacial score (nSPS) is 7.33. The zero-order valence-corrected chi connectivity index (χ0v) is 5.31. The van der Waals surface area contributed by atoms with Gasteiger partial charge in [-0.15, -0.1) is 0 Å². The molecule has 0 aliphatic rings. The zero-order valence-electron chi connectivity index (χ0n) is 5.31. The fourth-order valence-corrected chi connectivity index (χ4v) is 0.289. The van der Waals surface area contributed by atoms with Crippen LogP contribution in [0.2, 0.25) is 0 Å². The smallest absolute Gasteiger partial charge is 0.364 e. The van der Waals surface area contributed by atoms with E-state index in [0.29, 0.717) is 6.42 Å². The first kappa shape index (κ1) is 7.99. The van der Waals surface area contributed by atoms with Crippen molar-refractivity contribution in [2.45, 2.75) is 19.8 Å². The van der Waals surface area contributed by atoms with E-state index < -0.39 is 5.97 Å². The lowest BCUT2D eigenvalue weighted by Crippen LogP contribution is -2.06. The van der Waals surface area contributed by atoms with Crippen LogP contribution in [0.5, 0.6) is 0 Å². The molecule has 0 rings (SSSR count). The Morgan fingerprint density at radius 2 is 2.44 bits per heavy atom. The van der Waals surface area contributed by atoms with Crippen LogP contribution in [0.1, 0.15) is 19.8 Å². The molecule has 0 saturated heterocycles. The van der Waals surface area contributed by atoms with E-state index in [4.69, 9.17) is 0 Å². The molecule has 0 aromatic heterocycles. The Balaban J connectivity index is 3.46. The molecule has 2 N–H and O–H groups in total. The van der Waals surface area contributed by atoms with Crippen molar-refractivity contribution in [2.24, 2.45) is 5.90 Å². The van der Waals surface area contributed by atoms with Crippen molar-refractivity contribution in [3.05, 3.63) is 0 Å². The molecule has 0 aromatic rings. The SMILES string of the molecule is CCCC#CC(=O)ON. The Hall–Kier alpha value is -1.01. The average molecular weight is 127 g/mol. The number of carbonyl (C=O) groups excluding carboxylic acids is 1. The molecule has 50 valence electrons. The summed E-state index contributed by atoms with van der Waals surface area (Å²) in [5.41, 5.74) is 0. The van der Waals surface area contributed by atoms with E-state index in [1.165, 1.54) is 0 Å². The zero-order chi connectivity index (χ0) is 7.11. The van der Waals surface area contributed by atoms with Crippen LogP contribution >= 0.6 is 0 Å². The van der Waals surface area contributed by atoms with Crippen LogP contribution in [0.25, 0.3) is 0 Å². The van der Waals surface area contributed by atoms with E-state index in [1.54, 1.807) is 0 Å². The van der Waals surface area contributed by atoms with Crippen molar-refractivity contribution < 1.29 is 9.63 Å². The van der Waals surface area contributed by atoms with Crippen molar-refractivity contribution >= 4 is 5.97 Å². The maximum Gasteiger partial charge on any atom is 0.402 e. The molecule has 0 fully saturated rings. The first-order valence-corrected chi connectivity index (χ1v) is 2.70. The van der Waals surface area contributed by atoms with Gasteiger partial charge in [0.1, 0.15) is 0 Å². The highest BCUT2D eigenvalue weighted by Crippen LogP contribution is 1.80. The highest BCUT2D eigenvalue weighted by atomic mass is 16.7.